The third kappa shape index (κ3) is 4.37. The lowest BCUT2D eigenvalue weighted by Gasteiger charge is -2.08. The van der Waals surface area contributed by atoms with Crippen molar-refractivity contribution in [1.29, 1.82) is 0 Å². The molecule has 0 aliphatic carbocycles. The second kappa shape index (κ2) is 7.85. The quantitative estimate of drug-likeness (QED) is 0.767. The Bertz CT molecular complexity index is 743. The maximum absolute atomic E-state index is 13.5. The van der Waals surface area contributed by atoms with Gasteiger partial charge in [0.25, 0.3) is 0 Å². The normalized spacial score (nSPS) is 10.3. The highest BCUT2D eigenvalue weighted by atomic mass is 35.5. The highest BCUT2D eigenvalue weighted by molar-refractivity contribution is 5.85. The molecule has 0 radical (unpaired) electrons. The van der Waals surface area contributed by atoms with Gasteiger partial charge < -0.3 is 9.88 Å². The van der Waals surface area contributed by atoms with E-state index in [0.29, 0.717) is 18.7 Å². The van der Waals surface area contributed by atoms with Crippen molar-refractivity contribution < 1.29 is 8.78 Å². The number of nitrogens with one attached hydrogen (secondary N) is 1. The maximum atomic E-state index is 13.5. The molecule has 0 spiro atoms. The second-order valence-corrected chi connectivity index (χ2v) is 4.98. The summed E-state index contributed by atoms with van der Waals surface area (Å²) >= 11 is 0. The number of rotatable bonds is 5. The molecule has 0 aliphatic rings. The molecule has 3 nitrogen and oxygen atoms in total. The first-order chi connectivity index (χ1) is 10.7. The predicted octanol–water partition coefficient (Wildman–Crippen LogP) is 3.86. The molecule has 0 fully saturated rings. The van der Waals surface area contributed by atoms with E-state index in [-0.39, 0.29) is 12.4 Å². The number of halogens is 3. The van der Waals surface area contributed by atoms with Gasteiger partial charge in [0.1, 0.15) is 11.6 Å². The minimum absolute atomic E-state index is 0. The van der Waals surface area contributed by atoms with E-state index in [0.717, 1.165) is 17.3 Å². The van der Waals surface area contributed by atoms with Gasteiger partial charge >= 0.3 is 0 Å². The van der Waals surface area contributed by atoms with Crippen molar-refractivity contribution in [2.75, 3.05) is 0 Å². The standard InChI is InChI=1S/C17H15F2N3.ClH/c18-15-4-3-14(17(19)9-15)11-21-10-13-1-5-16(6-2-13)22-8-7-20-12-22;/h1-9,12,21H,10-11H2;1H. The van der Waals surface area contributed by atoms with Gasteiger partial charge in [0.15, 0.2) is 0 Å². The monoisotopic (exact) mass is 335 g/mol. The molecule has 0 atom stereocenters. The Kier molecular flexibility index (Phi) is 5.84. The fourth-order valence-corrected chi connectivity index (χ4v) is 2.20. The summed E-state index contributed by atoms with van der Waals surface area (Å²) < 4.78 is 28.2. The Morgan fingerprint density at radius 3 is 2.43 bits per heavy atom. The zero-order chi connectivity index (χ0) is 15.4. The van der Waals surface area contributed by atoms with Gasteiger partial charge in [-0.25, -0.2) is 13.8 Å². The molecule has 1 aromatic heterocycles. The molecule has 120 valence electrons. The van der Waals surface area contributed by atoms with Crippen LogP contribution in [0.4, 0.5) is 8.78 Å². The molecular weight excluding hydrogens is 320 g/mol. The summed E-state index contributed by atoms with van der Waals surface area (Å²) in [7, 11) is 0. The summed E-state index contributed by atoms with van der Waals surface area (Å²) in [5, 5.41) is 3.15. The van der Waals surface area contributed by atoms with Gasteiger partial charge in [-0.05, 0) is 23.8 Å². The fraction of sp³-hybridized carbons (Fsp3) is 0.118. The molecule has 1 heterocycles. The summed E-state index contributed by atoms with van der Waals surface area (Å²) in [5.41, 5.74) is 2.58. The molecule has 23 heavy (non-hydrogen) atoms. The third-order valence-electron chi connectivity index (χ3n) is 3.40. The van der Waals surface area contributed by atoms with E-state index in [1.165, 1.54) is 12.1 Å². The first-order valence-electron chi connectivity index (χ1n) is 6.94. The minimum Gasteiger partial charge on any atom is -0.309 e. The second-order valence-electron chi connectivity index (χ2n) is 4.98. The van der Waals surface area contributed by atoms with E-state index >= 15 is 0 Å². The zero-order valence-electron chi connectivity index (χ0n) is 12.2. The average Bonchev–Trinajstić information content (AvgIpc) is 3.04. The third-order valence-corrected chi connectivity index (χ3v) is 3.40. The Balaban J connectivity index is 0.00000192. The smallest absolute Gasteiger partial charge is 0.130 e. The topological polar surface area (TPSA) is 29.9 Å². The van der Waals surface area contributed by atoms with Gasteiger partial charge in [0, 0.05) is 42.8 Å². The molecule has 0 saturated heterocycles. The number of nitrogens with zero attached hydrogens (tertiary/aromatic N) is 2. The van der Waals surface area contributed by atoms with Crippen LogP contribution in [0.1, 0.15) is 11.1 Å². The number of hydrogen-bond acceptors (Lipinski definition) is 2. The highest BCUT2D eigenvalue weighted by Gasteiger charge is 2.03. The van der Waals surface area contributed by atoms with E-state index in [1.807, 2.05) is 35.0 Å². The van der Waals surface area contributed by atoms with E-state index in [4.69, 9.17) is 0 Å². The molecule has 6 heteroatoms. The van der Waals surface area contributed by atoms with Crippen molar-refractivity contribution >= 4 is 12.4 Å². The van der Waals surface area contributed by atoms with E-state index < -0.39 is 11.6 Å². The van der Waals surface area contributed by atoms with Crippen LogP contribution in [0.2, 0.25) is 0 Å². The number of imidazole rings is 1. The number of aromatic nitrogens is 2. The van der Waals surface area contributed by atoms with Gasteiger partial charge in [-0.3, -0.25) is 0 Å². The summed E-state index contributed by atoms with van der Waals surface area (Å²) in [5.74, 6) is -1.08. The van der Waals surface area contributed by atoms with Crippen LogP contribution in [-0.4, -0.2) is 9.55 Å². The van der Waals surface area contributed by atoms with Crippen molar-refractivity contribution in [2.24, 2.45) is 0 Å². The Hall–Kier alpha value is -2.24. The zero-order valence-corrected chi connectivity index (χ0v) is 13.1. The number of hydrogen-bond donors (Lipinski definition) is 1. The summed E-state index contributed by atoms with van der Waals surface area (Å²) in [6, 6.07) is 11.6. The van der Waals surface area contributed by atoms with Crippen molar-refractivity contribution in [3.8, 4) is 5.69 Å². The summed E-state index contributed by atoms with van der Waals surface area (Å²) in [4.78, 5) is 4.01. The van der Waals surface area contributed by atoms with Crippen molar-refractivity contribution in [3.63, 3.8) is 0 Å². The average molecular weight is 336 g/mol. The molecule has 1 N–H and O–H groups in total. The maximum Gasteiger partial charge on any atom is 0.130 e. The minimum atomic E-state index is -0.559. The van der Waals surface area contributed by atoms with Crippen molar-refractivity contribution in [3.05, 3.63) is 83.9 Å². The molecular formula is C17H16ClF2N3. The van der Waals surface area contributed by atoms with Gasteiger partial charge in [-0.15, -0.1) is 12.4 Å². The van der Waals surface area contributed by atoms with Crippen LogP contribution in [0.15, 0.2) is 61.2 Å². The largest absolute Gasteiger partial charge is 0.309 e. The molecule has 0 saturated carbocycles. The van der Waals surface area contributed by atoms with Gasteiger partial charge in [-0.1, -0.05) is 18.2 Å². The van der Waals surface area contributed by atoms with Crippen LogP contribution in [0, 0.1) is 11.6 Å². The van der Waals surface area contributed by atoms with Gasteiger partial charge in [0.2, 0.25) is 0 Å². The molecule has 3 aromatic rings. The highest BCUT2D eigenvalue weighted by Crippen LogP contribution is 2.11. The van der Waals surface area contributed by atoms with Crippen LogP contribution in [0.25, 0.3) is 5.69 Å². The Morgan fingerprint density at radius 2 is 1.78 bits per heavy atom. The first kappa shape index (κ1) is 17.1. The Labute approximate surface area is 139 Å². The Morgan fingerprint density at radius 1 is 1.00 bits per heavy atom. The molecule has 0 amide bonds. The van der Waals surface area contributed by atoms with Crippen molar-refractivity contribution in [2.45, 2.75) is 13.1 Å². The van der Waals surface area contributed by atoms with Crippen LogP contribution < -0.4 is 5.32 Å². The molecule has 2 aromatic carbocycles. The van der Waals surface area contributed by atoms with Gasteiger partial charge in [-0.2, -0.15) is 0 Å². The van der Waals surface area contributed by atoms with E-state index in [1.54, 1.807) is 12.5 Å². The van der Waals surface area contributed by atoms with Crippen LogP contribution in [0.3, 0.4) is 0 Å². The molecule has 3 rings (SSSR count). The summed E-state index contributed by atoms with van der Waals surface area (Å²) in [6.07, 6.45) is 5.35. The lowest BCUT2D eigenvalue weighted by atomic mass is 10.2. The van der Waals surface area contributed by atoms with E-state index in [9.17, 15) is 8.78 Å². The van der Waals surface area contributed by atoms with Gasteiger partial charge in [0.05, 0.1) is 6.33 Å². The number of benzene rings is 2. The van der Waals surface area contributed by atoms with Crippen LogP contribution in [0.5, 0.6) is 0 Å². The fourth-order valence-electron chi connectivity index (χ4n) is 2.20. The predicted molar refractivity (Wildman–Crippen MR) is 87.7 cm³/mol. The van der Waals surface area contributed by atoms with Crippen LogP contribution in [-0.2, 0) is 13.1 Å². The van der Waals surface area contributed by atoms with Crippen molar-refractivity contribution in [1.82, 2.24) is 14.9 Å². The lowest BCUT2D eigenvalue weighted by Crippen LogP contribution is -2.13. The molecule has 0 aliphatic heterocycles. The molecule has 0 unspecified atom stereocenters. The lowest BCUT2D eigenvalue weighted by molar-refractivity contribution is 0.560. The SMILES string of the molecule is Cl.Fc1ccc(CNCc2ccc(-n3ccnc3)cc2)c(F)c1. The van der Waals surface area contributed by atoms with Crippen LogP contribution >= 0.6 is 12.4 Å². The first-order valence-corrected chi connectivity index (χ1v) is 6.94. The molecule has 0 bridgehead atoms. The summed E-state index contributed by atoms with van der Waals surface area (Å²) in [6.45, 7) is 0.969. The van der Waals surface area contributed by atoms with E-state index in [2.05, 4.69) is 10.3 Å².